The zero-order valence-electron chi connectivity index (χ0n) is 40.7. The minimum atomic E-state index is -1.19. The third-order valence-corrected chi connectivity index (χ3v) is 13.4. The highest BCUT2D eigenvalue weighted by molar-refractivity contribution is 5.94. The molecule has 2 aromatic heterocycles. The number of carboxylic acids is 3. The van der Waals surface area contributed by atoms with Gasteiger partial charge >= 0.3 is 23.9 Å². The van der Waals surface area contributed by atoms with E-state index in [2.05, 4.69) is 65.7 Å². The molecule has 6 heterocycles. The molecule has 2 fully saturated rings. The van der Waals surface area contributed by atoms with Crippen molar-refractivity contribution < 1.29 is 63.3 Å². The molecular formula is C52H66N4O13. The summed E-state index contributed by atoms with van der Waals surface area (Å²) in [7, 11) is 6.63. The number of benzene rings is 2. The lowest BCUT2D eigenvalue weighted by atomic mass is 9.79. The molecule has 4 aliphatic rings. The summed E-state index contributed by atoms with van der Waals surface area (Å²) in [5.41, 5.74) is 4.90. The van der Waals surface area contributed by atoms with Crippen LogP contribution in [0, 0.1) is 23.7 Å². The quantitative estimate of drug-likeness (QED) is 0.0952. The minimum Gasteiger partial charge on any atom is -0.493 e. The molecule has 0 aliphatic carbocycles. The molecule has 69 heavy (non-hydrogen) atoms. The number of aliphatic hydroxyl groups is 1. The Morgan fingerprint density at radius 3 is 1.41 bits per heavy atom. The van der Waals surface area contributed by atoms with Crippen LogP contribution in [0.5, 0.6) is 23.0 Å². The van der Waals surface area contributed by atoms with Crippen LogP contribution in [0.4, 0.5) is 0 Å². The van der Waals surface area contributed by atoms with Gasteiger partial charge in [0.15, 0.2) is 23.0 Å². The van der Waals surface area contributed by atoms with Crippen molar-refractivity contribution in [2.75, 3.05) is 54.6 Å². The van der Waals surface area contributed by atoms with Gasteiger partial charge < -0.3 is 44.1 Å². The van der Waals surface area contributed by atoms with Crippen LogP contribution in [0.2, 0.25) is 0 Å². The molecular weight excluding hydrogens is 889 g/mol. The minimum absolute atomic E-state index is 0.0368. The van der Waals surface area contributed by atoms with E-state index in [9.17, 15) is 29.4 Å². The lowest BCUT2D eigenvalue weighted by Crippen LogP contribution is -2.49. The van der Waals surface area contributed by atoms with Crippen molar-refractivity contribution in [3.63, 3.8) is 0 Å². The van der Waals surface area contributed by atoms with Gasteiger partial charge in [-0.25, -0.2) is 19.2 Å². The second-order valence-electron chi connectivity index (χ2n) is 18.9. The molecule has 17 heteroatoms. The molecule has 17 nitrogen and oxygen atoms in total. The molecule has 0 spiro atoms. The number of methoxy groups -OCH3 is 4. The molecule has 0 unspecified atom stereocenters. The van der Waals surface area contributed by atoms with Crippen LogP contribution in [-0.4, -0.2) is 131 Å². The van der Waals surface area contributed by atoms with Gasteiger partial charge in [-0.05, 0) is 109 Å². The molecule has 0 amide bonds. The van der Waals surface area contributed by atoms with Crippen molar-refractivity contribution >= 4 is 23.9 Å². The van der Waals surface area contributed by atoms with Crippen LogP contribution >= 0.6 is 0 Å². The van der Waals surface area contributed by atoms with Crippen LogP contribution in [0.3, 0.4) is 0 Å². The SMILES string of the molecule is COc1cc2c(cc1OC)[C@H]1C[C@@H](O)[C@H](CC(C)C)CN1CC2.COc1cc2c(cc1OC)[C@H]1C[C@@H](OC(=O)c3cncc(C(=O)O)c3)[C@H](CC(C)C)CN1CC2.O=C(O)c1cncc(C(=O)O)c1. The van der Waals surface area contributed by atoms with Gasteiger partial charge in [0.1, 0.15) is 6.10 Å². The van der Waals surface area contributed by atoms with E-state index in [1.54, 1.807) is 28.4 Å². The molecule has 4 aromatic rings. The van der Waals surface area contributed by atoms with E-state index in [1.807, 2.05) is 6.07 Å². The van der Waals surface area contributed by atoms with Gasteiger partial charge in [0, 0.05) is 75.4 Å². The smallest absolute Gasteiger partial charge is 0.340 e. The maximum absolute atomic E-state index is 13.0. The van der Waals surface area contributed by atoms with Gasteiger partial charge in [-0.2, -0.15) is 0 Å². The zero-order chi connectivity index (χ0) is 50.1. The highest BCUT2D eigenvalue weighted by atomic mass is 16.5. The topological polar surface area (TPSA) is 228 Å². The molecule has 0 radical (unpaired) electrons. The summed E-state index contributed by atoms with van der Waals surface area (Å²) < 4.78 is 28.0. The largest absolute Gasteiger partial charge is 0.493 e. The normalized spacial score (nSPS) is 21.6. The number of hydrogen-bond acceptors (Lipinski definition) is 14. The number of carboxylic acid groups (broad SMARTS) is 3. The Hall–Kier alpha value is -6.30. The van der Waals surface area contributed by atoms with Gasteiger partial charge in [-0.3, -0.25) is 19.8 Å². The average Bonchev–Trinajstić information content (AvgIpc) is 3.33. The van der Waals surface area contributed by atoms with E-state index in [0.717, 1.165) is 94.0 Å². The molecule has 4 aliphatic heterocycles. The number of esters is 1. The molecule has 0 bridgehead atoms. The third-order valence-electron chi connectivity index (χ3n) is 13.4. The first kappa shape index (κ1) is 52.1. The van der Waals surface area contributed by atoms with Gasteiger partial charge in [-0.1, -0.05) is 27.7 Å². The predicted molar refractivity (Wildman–Crippen MR) is 255 cm³/mol. The van der Waals surface area contributed by atoms with Crippen molar-refractivity contribution in [2.45, 2.75) is 90.5 Å². The Labute approximate surface area is 403 Å². The molecule has 2 aromatic carbocycles. The summed E-state index contributed by atoms with van der Waals surface area (Å²) in [6, 6.07) is 11.1. The van der Waals surface area contributed by atoms with E-state index in [-0.39, 0.29) is 46.4 Å². The number of carbonyl (C=O) groups excluding carboxylic acids is 1. The van der Waals surface area contributed by atoms with Gasteiger partial charge in [0.25, 0.3) is 0 Å². The summed E-state index contributed by atoms with van der Waals surface area (Å²) in [6.45, 7) is 12.7. The predicted octanol–water partition coefficient (Wildman–Crippen LogP) is 7.50. The molecule has 372 valence electrons. The Morgan fingerprint density at radius 2 is 0.971 bits per heavy atom. The van der Waals surface area contributed by atoms with E-state index < -0.39 is 23.9 Å². The molecule has 8 rings (SSSR count). The van der Waals surface area contributed by atoms with Gasteiger partial charge in [0.2, 0.25) is 0 Å². The van der Waals surface area contributed by atoms with E-state index in [0.29, 0.717) is 36.0 Å². The number of carbonyl (C=O) groups is 4. The van der Waals surface area contributed by atoms with Crippen LogP contribution in [0.15, 0.2) is 61.2 Å². The fraction of sp³-hybridized carbons (Fsp3) is 0.500. The Bertz CT molecular complexity index is 2430. The first-order valence-electron chi connectivity index (χ1n) is 23.4. The second kappa shape index (κ2) is 23.3. The number of aromatic carboxylic acids is 3. The monoisotopic (exact) mass is 954 g/mol. The van der Waals surface area contributed by atoms with Crippen molar-refractivity contribution in [2.24, 2.45) is 23.7 Å². The molecule has 6 atom stereocenters. The molecule has 2 saturated heterocycles. The number of ether oxygens (including phenoxy) is 5. The first-order chi connectivity index (χ1) is 32.9. The van der Waals surface area contributed by atoms with Gasteiger partial charge in [0.05, 0.1) is 56.8 Å². The molecule has 4 N–H and O–H groups in total. The number of pyridine rings is 2. The van der Waals surface area contributed by atoms with Gasteiger partial charge in [-0.15, -0.1) is 0 Å². The van der Waals surface area contributed by atoms with Crippen molar-refractivity contribution in [3.05, 3.63) is 106 Å². The molecule has 0 saturated carbocycles. The van der Waals surface area contributed by atoms with E-state index >= 15 is 0 Å². The van der Waals surface area contributed by atoms with Crippen LogP contribution in [-0.2, 0) is 17.6 Å². The van der Waals surface area contributed by atoms with Crippen molar-refractivity contribution in [3.8, 4) is 23.0 Å². The lowest BCUT2D eigenvalue weighted by Gasteiger charge is -2.47. The zero-order valence-corrected chi connectivity index (χ0v) is 40.7. The van der Waals surface area contributed by atoms with E-state index in [1.165, 1.54) is 40.7 Å². The summed E-state index contributed by atoms with van der Waals surface area (Å²) in [5, 5.41) is 36.8. The Balaban J connectivity index is 0.000000191. The number of nitrogens with zero attached hydrogens (tertiary/aromatic N) is 4. The number of fused-ring (bicyclic) bond motifs is 6. The standard InChI is InChI=1S/C26H32N2O6.C19H29NO3.C7H5NO4/c1-15(2)7-19-14-28-6-5-16-9-23(32-3)24(33-4)10-20(16)21(28)11-22(19)34-26(31)18-8-17(25(29)30)12-27-13-18;1-12(2)7-14-11-20-6-5-13-8-18(22-3)19(23-4)9-15(13)16(20)10-17(14)21;9-6(10)4-1-5(7(11)12)3-8-2-4/h8-10,12-13,15,19,21-22H,5-7,11,14H2,1-4H3,(H,29,30);8-9,12,14,16-17,21H,5-7,10-11H2,1-4H3;1-3H,(H,9,10)(H,11,12)/t19-,21-,22-;14-,16-,17-;/m11./s1. The number of hydrogen-bond donors (Lipinski definition) is 4. The summed E-state index contributed by atoms with van der Waals surface area (Å²) >= 11 is 0. The lowest BCUT2D eigenvalue weighted by molar-refractivity contribution is -0.0417. The summed E-state index contributed by atoms with van der Waals surface area (Å²) in [6.07, 6.45) is 9.75. The summed E-state index contributed by atoms with van der Waals surface area (Å²) in [4.78, 5) is 57.4. The van der Waals surface area contributed by atoms with Crippen LogP contribution in [0.25, 0.3) is 0 Å². The summed E-state index contributed by atoms with van der Waals surface area (Å²) in [5.74, 6) is 0.632. The van der Waals surface area contributed by atoms with E-state index in [4.69, 9.17) is 33.9 Å². The van der Waals surface area contributed by atoms with Crippen molar-refractivity contribution in [1.82, 2.24) is 19.8 Å². The second-order valence-corrected chi connectivity index (χ2v) is 18.9. The maximum Gasteiger partial charge on any atom is 0.340 e. The first-order valence-corrected chi connectivity index (χ1v) is 23.4. The Morgan fingerprint density at radius 1 is 0.580 bits per heavy atom. The number of aromatic nitrogens is 2. The average molecular weight is 955 g/mol. The van der Waals surface area contributed by atoms with Crippen LogP contribution in [0.1, 0.15) is 129 Å². The number of aliphatic hydroxyl groups excluding tert-OH is 1. The van der Waals surface area contributed by atoms with Crippen molar-refractivity contribution in [1.29, 1.82) is 0 Å². The highest BCUT2D eigenvalue weighted by Crippen LogP contribution is 2.46. The Kier molecular flexibility index (Phi) is 17.6. The number of piperidine rings is 2. The maximum atomic E-state index is 13.0. The van der Waals surface area contributed by atoms with Crippen LogP contribution < -0.4 is 18.9 Å². The number of rotatable bonds is 13. The fourth-order valence-corrected chi connectivity index (χ4v) is 10.2. The highest BCUT2D eigenvalue weighted by Gasteiger charge is 2.42. The third kappa shape index (κ3) is 12.7. The fourth-order valence-electron chi connectivity index (χ4n) is 10.2.